The van der Waals surface area contributed by atoms with Gasteiger partial charge in [-0.05, 0) is 48.8 Å². The first-order chi connectivity index (χ1) is 16.8. The summed E-state index contributed by atoms with van der Waals surface area (Å²) in [6, 6.07) is 9.31. The molecule has 0 saturated carbocycles. The first-order valence-electron chi connectivity index (χ1n) is 12.2. The number of benzene rings is 3. The SMILES string of the molecule is CCCc1ccc(-c2ccc(-c3ccc(C4CCC(CCC)CO4)c(F)c3F)c(F)c2F)cc1F. The Bertz CT molecular complexity index is 1200. The van der Waals surface area contributed by atoms with Crippen molar-refractivity contribution < 1.29 is 26.7 Å². The normalized spacial score (nSPS) is 18.1. The molecular weight excluding hydrogens is 459 g/mol. The highest BCUT2D eigenvalue weighted by Gasteiger charge is 2.28. The Kier molecular flexibility index (Phi) is 7.90. The van der Waals surface area contributed by atoms with Gasteiger partial charge in [0.2, 0.25) is 0 Å². The van der Waals surface area contributed by atoms with Gasteiger partial charge in [-0.1, -0.05) is 63.1 Å². The van der Waals surface area contributed by atoms with Crippen LogP contribution in [0.25, 0.3) is 22.3 Å². The van der Waals surface area contributed by atoms with Crippen LogP contribution in [0.15, 0.2) is 42.5 Å². The van der Waals surface area contributed by atoms with Crippen molar-refractivity contribution in [3.63, 3.8) is 0 Å². The van der Waals surface area contributed by atoms with E-state index in [-0.39, 0.29) is 22.3 Å². The topological polar surface area (TPSA) is 9.23 Å². The zero-order valence-electron chi connectivity index (χ0n) is 19.9. The monoisotopic (exact) mass is 488 g/mol. The highest BCUT2D eigenvalue weighted by atomic mass is 19.2. The fraction of sp³-hybridized carbons (Fsp3) is 0.379. The van der Waals surface area contributed by atoms with Gasteiger partial charge in [0.15, 0.2) is 23.3 Å². The number of hydrogen-bond donors (Lipinski definition) is 0. The van der Waals surface area contributed by atoms with Crippen LogP contribution in [-0.2, 0) is 11.2 Å². The quantitative estimate of drug-likeness (QED) is 0.302. The van der Waals surface area contributed by atoms with E-state index in [4.69, 9.17) is 4.74 Å². The van der Waals surface area contributed by atoms with E-state index < -0.39 is 40.8 Å². The molecule has 0 N–H and O–H groups in total. The van der Waals surface area contributed by atoms with Gasteiger partial charge < -0.3 is 4.74 Å². The Hall–Kier alpha value is -2.73. The van der Waals surface area contributed by atoms with Crippen LogP contribution in [0.2, 0.25) is 0 Å². The summed E-state index contributed by atoms with van der Waals surface area (Å²) >= 11 is 0. The van der Waals surface area contributed by atoms with Crippen LogP contribution in [0.3, 0.4) is 0 Å². The average Bonchev–Trinajstić information content (AvgIpc) is 2.85. The van der Waals surface area contributed by atoms with E-state index in [0.29, 0.717) is 30.9 Å². The largest absolute Gasteiger partial charge is 0.373 e. The van der Waals surface area contributed by atoms with Gasteiger partial charge in [0.25, 0.3) is 0 Å². The van der Waals surface area contributed by atoms with Crippen LogP contribution in [0.5, 0.6) is 0 Å². The molecule has 0 radical (unpaired) electrons. The van der Waals surface area contributed by atoms with E-state index >= 15 is 8.78 Å². The minimum absolute atomic E-state index is 0.0846. The van der Waals surface area contributed by atoms with E-state index in [1.165, 1.54) is 30.3 Å². The second kappa shape index (κ2) is 10.9. The van der Waals surface area contributed by atoms with Crippen molar-refractivity contribution in [3.8, 4) is 22.3 Å². The lowest BCUT2D eigenvalue weighted by atomic mass is 9.90. The lowest BCUT2D eigenvalue weighted by molar-refractivity contribution is -0.0214. The molecule has 2 unspecified atom stereocenters. The van der Waals surface area contributed by atoms with Gasteiger partial charge in [0.05, 0.1) is 12.7 Å². The van der Waals surface area contributed by atoms with Crippen LogP contribution >= 0.6 is 0 Å². The second-order valence-electron chi connectivity index (χ2n) is 9.23. The molecule has 4 rings (SSSR count). The molecule has 0 spiro atoms. The third-order valence-corrected chi connectivity index (χ3v) is 6.78. The molecule has 0 aliphatic carbocycles. The van der Waals surface area contributed by atoms with Crippen LogP contribution in [0.4, 0.5) is 22.0 Å². The summed E-state index contributed by atoms with van der Waals surface area (Å²) in [7, 11) is 0. The Morgan fingerprint density at radius 2 is 1.40 bits per heavy atom. The minimum Gasteiger partial charge on any atom is -0.373 e. The molecule has 2 atom stereocenters. The number of hydrogen-bond acceptors (Lipinski definition) is 1. The van der Waals surface area contributed by atoms with Gasteiger partial charge in [-0.2, -0.15) is 0 Å². The molecule has 35 heavy (non-hydrogen) atoms. The average molecular weight is 489 g/mol. The molecule has 3 aromatic carbocycles. The summed E-state index contributed by atoms with van der Waals surface area (Å²) < 4.78 is 80.1. The van der Waals surface area contributed by atoms with Gasteiger partial charge in [0.1, 0.15) is 5.82 Å². The molecule has 186 valence electrons. The van der Waals surface area contributed by atoms with Crippen molar-refractivity contribution >= 4 is 0 Å². The summed E-state index contributed by atoms with van der Waals surface area (Å²) in [5, 5.41) is 0. The molecule has 1 nitrogen and oxygen atoms in total. The standard InChI is InChI=1S/C29H29F5O/c1-3-5-17-7-14-25(35-16-17)23-13-12-22(28(33)29(23)34)21-11-10-20(26(31)27(21)32)19-9-8-18(6-4-2)24(30)15-19/h8-13,15,17,25H,3-7,14,16H2,1-2H3. The lowest BCUT2D eigenvalue weighted by Crippen LogP contribution is -2.21. The molecule has 1 fully saturated rings. The van der Waals surface area contributed by atoms with Gasteiger partial charge >= 0.3 is 0 Å². The van der Waals surface area contributed by atoms with Crippen molar-refractivity contribution in [3.05, 3.63) is 82.7 Å². The Morgan fingerprint density at radius 3 is 2.03 bits per heavy atom. The van der Waals surface area contributed by atoms with Crippen LogP contribution in [0.1, 0.15) is 63.2 Å². The smallest absolute Gasteiger partial charge is 0.167 e. The summed E-state index contributed by atoms with van der Waals surface area (Å²) in [5.74, 6) is -5.01. The van der Waals surface area contributed by atoms with Gasteiger partial charge in [0, 0.05) is 22.3 Å². The van der Waals surface area contributed by atoms with Crippen molar-refractivity contribution in [1.29, 1.82) is 0 Å². The summed E-state index contributed by atoms with van der Waals surface area (Å²) in [6.45, 7) is 4.50. The summed E-state index contributed by atoms with van der Waals surface area (Å²) in [5.41, 5.74) is -0.176. The van der Waals surface area contributed by atoms with E-state index in [0.717, 1.165) is 31.7 Å². The molecule has 0 amide bonds. The minimum atomic E-state index is -1.32. The maximum Gasteiger partial charge on any atom is 0.167 e. The Labute approximate surface area is 202 Å². The van der Waals surface area contributed by atoms with Crippen molar-refractivity contribution in [1.82, 2.24) is 0 Å². The van der Waals surface area contributed by atoms with E-state index in [1.807, 2.05) is 6.92 Å². The molecule has 6 heteroatoms. The highest BCUT2D eigenvalue weighted by Crippen LogP contribution is 2.38. The van der Waals surface area contributed by atoms with E-state index in [1.54, 1.807) is 6.07 Å². The molecule has 3 aromatic rings. The van der Waals surface area contributed by atoms with Gasteiger partial charge in [-0.3, -0.25) is 0 Å². The number of rotatable bonds is 7. The summed E-state index contributed by atoms with van der Waals surface area (Å²) in [6.07, 6.45) is 4.22. The maximum atomic E-state index is 15.0. The zero-order valence-corrected chi connectivity index (χ0v) is 19.9. The van der Waals surface area contributed by atoms with E-state index in [2.05, 4.69) is 6.92 Å². The third kappa shape index (κ3) is 5.13. The predicted octanol–water partition coefficient (Wildman–Crippen LogP) is 8.94. The van der Waals surface area contributed by atoms with Gasteiger partial charge in [-0.25, -0.2) is 22.0 Å². The molecule has 1 aliphatic rings. The highest BCUT2D eigenvalue weighted by molar-refractivity contribution is 5.72. The van der Waals surface area contributed by atoms with Crippen molar-refractivity contribution in [2.45, 2.75) is 58.5 Å². The fourth-order valence-corrected chi connectivity index (χ4v) is 4.88. The second-order valence-corrected chi connectivity index (χ2v) is 9.23. The van der Waals surface area contributed by atoms with Crippen molar-refractivity contribution in [2.24, 2.45) is 5.92 Å². The maximum absolute atomic E-state index is 15.0. The molecule has 0 bridgehead atoms. The molecule has 0 aromatic heterocycles. The number of halogens is 5. The van der Waals surface area contributed by atoms with Crippen LogP contribution in [0, 0.1) is 35.0 Å². The Morgan fingerprint density at radius 1 is 0.743 bits per heavy atom. The number of aryl methyl sites for hydroxylation is 1. The number of ether oxygens (including phenoxy) is 1. The Balaban J connectivity index is 1.63. The van der Waals surface area contributed by atoms with Crippen LogP contribution in [-0.4, -0.2) is 6.61 Å². The molecule has 1 aliphatic heterocycles. The molecule has 1 saturated heterocycles. The zero-order chi connectivity index (χ0) is 25.1. The molecule has 1 heterocycles. The first-order valence-corrected chi connectivity index (χ1v) is 12.2. The first kappa shape index (κ1) is 25.4. The third-order valence-electron chi connectivity index (χ3n) is 6.78. The van der Waals surface area contributed by atoms with E-state index in [9.17, 15) is 13.2 Å². The predicted molar refractivity (Wildman–Crippen MR) is 127 cm³/mol. The van der Waals surface area contributed by atoms with Gasteiger partial charge in [-0.15, -0.1) is 0 Å². The van der Waals surface area contributed by atoms with Crippen LogP contribution < -0.4 is 0 Å². The lowest BCUT2D eigenvalue weighted by Gasteiger charge is -2.29. The molecular formula is C29H29F5O. The summed E-state index contributed by atoms with van der Waals surface area (Å²) in [4.78, 5) is 0. The fourth-order valence-electron chi connectivity index (χ4n) is 4.88. The van der Waals surface area contributed by atoms with Crippen molar-refractivity contribution in [2.75, 3.05) is 6.61 Å².